The standard InChI is InChI=1S/C31H38F2N4O7/c1-31(20-44-31)27(39)23(16-21-8-4-2-5-9-21)35-28(40)24(17-22-10-6-3-7-11-22)36-29(41)25(19-43-30(32)33)34-26(38)18-37-12-14-42-15-13-37/h2-11,23-25,30H,12-20H2,1H3,(H,34,38)(H,35,40)(H,36,41)/t23-,24-,25-,31+/m0/s1. The van der Waals surface area contributed by atoms with Crippen molar-refractivity contribution in [2.75, 3.05) is 46.1 Å². The Morgan fingerprint density at radius 2 is 1.36 bits per heavy atom. The quantitative estimate of drug-likeness (QED) is 0.236. The lowest BCUT2D eigenvalue weighted by molar-refractivity contribution is -0.148. The van der Waals surface area contributed by atoms with Gasteiger partial charge in [-0.2, -0.15) is 8.78 Å². The first kappa shape index (κ1) is 33.1. The Morgan fingerprint density at radius 1 is 0.841 bits per heavy atom. The van der Waals surface area contributed by atoms with Crippen LogP contribution in [0.2, 0.25) is 0 Å². The fourth-order valence-corrected chi connectivity index (χ4v) is 4.84. The molecule has 2 saturated heterocycles. The van der Waals surface area contributed by atoms with E-state index in [9.17, 15) is 28.0 Å². The van der Waals surface area contributed by atoms with Gasteiger partial charge in [-0.3, -0.25) is 24.1 Å². The van der Waals surface area contributed by atoms with E-state index in [2.05, 4.69) is 20.7 Å². The van der Waals surface area contributed by atoms with Crippen LogP contribution in [-0.4, -0.2) is 105 Å². The molecule has 0 saturated carbocycles. The third-order valence-corrected chi connectivity index (χ3v) is 7.44. The summed E-state index contributed by atoms with van der Waals surface area (Å²) < 4.78 is 40.9. The number of halogens is 2. The number of ether oxygens (including phenoxy) is 3. The van der Waals surface area contributed by atoms with Gasteiger partial charge in [-0.05, 0) is 24.5 Å². The molecule has 2 aromatic rings. The summed E-state index contributed by atoms with van der Waals surface area (Å²) in [6, 6.07) is 14.3. The number of hydrogen-bond acceptors (Lipinski definition) is 8. The van der Waals surface area contributed by atoms with E-state index in [1.165, 1.54) is 0 Å². The Kier molecular flexibility index (Phi) is 11.9. The summed E-state index contributed by atoms with van der Waals surface area (Å²) in [4.78, 5) is 55.0. The number of alkyl halides is 2. The van der Waals surface area contributed by atoms with E-state index in [1.807, 2.05) is 30.3 Å². The first-order valence-electron chi connectivity index (χ1n) is 14.5. The summed E-state index contributed by atoms with van der Waals surface area (Å²) in [6.45, 7) is -0.289. The van der Waals surface area contributed by atoms with E-state index in [4.69, 9.17) is 9.47 Å². The number of hydrogen-bond donors (Lipinski definition) is 3. The van der Waals surface area contributed by atoms with E-state index in [-0.39, 0.29) is 31.8 Å². The normalized spacial score (nSPS) is 20.3. The van der Waals surface area contributed by atoms with Gasteiger partial charge in [-0.25, -0.2) is 0 Å². The van der Waals surface area contributed by atoms with Gasteiger partial charge in [0.15, 0.2) is 5.78 Å². The van der Waals surface area contributed by atoms with Gasteiger partial charge in [-0.1, -0.05) is 60.7 Å². The van der Waals surface area contributed by atoms with Crippen LogP contribution in [0.1, 0.15) is 18.1 Å². The van der Waals surface area contributed by atoms with Crippen LogP contribution in [0.4, 0.5) is 8.78 Å². The molecule has 0 aromatic heterocycles. The highest BCUT2D eigenvalue weighted by Gasteiger charge is 2.50. The van der Waals surface area contributed by atoms with E-state index < -0.39 is 54.7 Å². The van der Waals surface area contributed by atoms with Crippen LogP contribution in [0.25, 0.3) is 0 Å². The minimum atomic E-state index is -3.18. The maximum Gasteiger partial charge on any atom is 0.345 e. The minimum Gasteiger partial charge on any atom is -0.379 e. The number of morpholine rings is 1. The van der Waals surface area contributed by atoms with Gasteiger partial charge in [0.05, 0.1) is 39.0 Å². The fraction of sp³-hybridized carbons (Fsp3) is 0.484. The molecule has 13 heteroatoms. The molecule has 4 rings (SSSR count). The van der Waals surface area contributed by atoms with Crippen molar-refractivity contribution < 1.29 is 42.2 Å². The second kappa shape index (κ2) is 15.8. The zero-order valence-electron chi connectivity index (χ0n) is 24.5. The monoisotopic (exact) mass is 616 g/mol. The van der Waals surface area contributed by atoms with Gasteiger partial charge in [0.2, 0.25) is 17.7 Å². The average molecular weight is 617 g/mol. The molecule has 2 aromatic carbocycles. The Labute approximate surface area is 254 Å². The van der Waals surface area contributed by atoms with Gasteiger partial charge < -0.3 is 30.2 Å². The van der Waals surface area contributed by atoms with Gasteiger partial charge in [0, 0.05) is 19.5 Å². The molecule has 2 aliphatic rings. The number of carbonyl (C=O) groups excluding carboxylic acids is 4. The molecule has 0 bridgehead atoms. The number of amides is 3. The topological polar surface area (TPSA) is 139 Å². The van der Waals surface area contributed by atoms with Crippen molar-refractivity contribution in [3.8, 4) is 0 Å². The van der Waals surface area contributed by atoms with Crippen LogP contribution in [0, 0.1) is 0 Å². The molecule has 2 aliphatic heterocycles. The fourth-order valence-electron chi connectivity index (χ4n) is 4.84. The van der Waals surface area contributed by atoms with Crippen molar-refractivity contribution in [1.82, 2.24) is 20.9 Å². The van der Waals surface area contributed by atoms with Crippen LogP contribution in [0.15, 0.2) is 60.7 Å². The predicted octanol–water partition coefficient (Wildman–Crippen LogP) is 0.856. The van der Waals surface area contributed by atoms with E-state index >= 15 is 0 Å². The van der Waals surface area contributed by atoms with Crippen molar-refractivity contribution in [2.45, 2.75) is 50.1 Å². The molecule has 4 atom stereocenters. The highest BCUT2D eigenvalue weighted by atomic mass is 19.3. The Bertz CT molecular complexity index is 1260. The Morgan fingerprint density at radius 3 is 1.91 bits per heavy atom. The molecule has 2 fully saturated rings. The number of ketones is 1. The zero-order valence-corrected chi connectivity index (χ0v) is 24.5. The third kappa shape index (κ3) is 10.2. The summed E-state index contributed by atoms with van der Waals surface area (Å²) >= 11 is 0. The summed E-state index contributed by atoms with van der Waals surface area (Å²) in [7, 11) is 0. The summed E-state index contributed by atoms with van der Waals surface area (Å²) in [6.07, 6.45) is 0.224. The van der Waals surface area contributed by atoms with Crippen LogP contribution in [0.5, 0.6) is 0 Å². The van der Waals surface area contributed by atoms with Crippen molar-refractivity contribution in [1.29, 1.82) is 0 Å². The third-order valence-electron chi connectivity index (χ3n) is 7.44. The van der Waals surface area contributed by atoms with Crippen molar-refractivity contribution in [3.63, 3.8) is 0 Å². The predicted molar refractivity (Wildman–Crippen MR) is 155 cm³/mol. The Balaban J connectivity index is 1.50. The SMILES string of the molecule is C[C@]1(C(=O)[C@H](Cc2ccccc2)NC(=O)[C@H](Cc2ccccc2)NC(=O)[C@H](COC(F)F)NC(=O)CN2CCOCC2)CO1. The largest absolute Gasteiger partial charge is 0.379 e. The van der Waals surface area contributed by atoms with Gasteiger partial charge >= 0.3 is 6.61 Å². The molecular formula is C31H38F2N4O7. The van der Waals surface area contributed by atoms with Crippen LogP contribution in [0.3, 0.4) is 0 Å². The number of nitrogens with one attached hydrogen (secondary N) is 3. The number of epoxide rings is 1. The van der Waals surface area contributed by atoms with Gasteiger partial charge in [0.1, 0.15) is 17.7 Å². The second-order valence-corrected chi connectivity index (χ2v) is 11.0. The van der Waals surface area contributed by atoms with E-state index in [0.717, 1.165) is 5.56 Å². The molecule has 0 spiro atoms. The maximum atomic E-state index is 13.7. The van der Waals surface area contributed by atoms with E-state index in [1.54, 1.807) is 42.2 Å². The Hall–Kier alpha value is -3.78. The molecule has 0 unspecified atom stereocenters. The van der Waals surface area contributed by atoms with E-state index in [0.29, 0.717) is 31.9 Å². The molecule has 11 nitrogen and oxygen atoms in total. The lowest BCUT2D eigenvalue weighted by atomic mass is 9.94. The summed E-state index contributed by atoms with van der Waals surface area (Å²) in [5.41, 5.74) is 0.493. The van der Waals surface area contributed by atoms with Crippen molar-refractivity contribution in [2.24, 2.45) is 0 Å². The number of carbonyl (C=O) groups is 4. The number of Topliss-reactive ketones (excluding diaryl/α,β-unsaturated/α-hetero) is 1. The molecular weight excluding hydrogens is 578 g/mol. The molecule has 0 radical (unpaired) electrons. The summed E-state index contributed by atoms with van der Waals surface area (Å²) in [5, 5.41) is 7.83. The van der Waals surface area contributed by atoms with Crippen molar-refractivity contribution >= 4 is 23.5 Å². The zero-order chi connectivity index (χ0) is 31.5. The highest BCUT2D eigenvalue weighted by molar-refractivity contribution is 5.98. The molecule has 2 heterocycles. The first-order chi connectivity index (χ1) is 21.1. The van der Waals surface area contributed by atoms with Crippen molar-refractivity contribution in [3.05, 3.63) is 71.8 Å². The van der Waals surface area contributed by atoms with Crippen LogP contribution < -0.4 is 16.0 Å². The van der Waals surface area contributed by atoms with Gasteiger partial charge in [0.25, 0.3) is 0 Å². The molecule has 3 amide bonds. The average Bonchev–Trinajstić information content (AvgIpc) is 3.77. The molecule has 238 valence electrons. The highest BCUT2D eigenvalue weighted by Crippen LogP contribution is 2.29. The lowest BCUT2D eigenvalue weighted by Gasteiger charge is -2.28. The summed E-state index contributed by atoms with van der Waals surface area (Å²) in [5.74, 6) is -2.42. The molecule has 0 aliphatic carbocycles. The number of benzene rings is 2. The molecule has 3 N–H and O–H groups in total. The van der Waals surface area contributed by atoms with Gasteiger partial charge in [-0.15, -0.1) is 0 Å². The minimum absolute atomic E-state index is 0.0303. The molecule has 44 heavy (non-hydrogen) atoms. The first-order valence-corrected chi connectivity index (χ1v) is 14.5. The smallest absolute Gasteiger partial charge is 0.345 e. The lowest BCUT2D eigenvalue weighted by Crippen LogP contribution is -2.59. The van der Waals surface area contributed by atoms with Crippen LogP contribution in [-0.2, 0) is 46.2 Å². The maximum absolute atomic E-state index is 13.7. The number of rotatable bonds is 16. The number of nitrogens with zero attached hydrogens (tertiary/aromatic N) is 1. The van der Waals surface area contributed by atoms with Crippen LogP contribution >= 0.6 is 0 Å². The second-order valence-electron chi connectivity index (χ2n) is 11.0.